The summed E-state index contributed by atoms with van der Waals surface area (Å²) in [6.07, 6.45) is 0.929. The van der Waals surface area contributed by atoms with Gasteiger partial charge in [-0.15, -0.1) is 0 Å². The van der Waals surface area contributed by atoms with Gasteiger partial charge >= 0.3 is 0 Å². The topological polar surface area (TPSA) is 55.9 Å². The van der Waals surface area contributed by atoms with Crippen LogP contribution in [0.5, 0.6) is 0 Å². The fourth-order valence-electron chi connectivity index (χ4n) is 3.56. The summed E-state index contributed by atoms with van der Waals surface area (Å²) in [4.78, 5) is 4.90. The molecule has 24 heavy (non-hydrogen) atoms. The van der Waals surface area contributed by atoms with Crippen molar-refractivity contribution in [2.24, 2.45) is 0 Å². The normalized spacial score (nSPS) is 23.9. The first-order valence-electron chi connectivity index (χ1n) is 8.65. The quantitative estimate of drug-likeness (QED) is 0.832. The highest BCUT2D eigenvalue weighted by molar-refractivity contribution is 7.89. The number of nitrogens with one attached hydrogen (secondary N) is 1. The van der Waals surface area contributed by atoms with Gasteiger partial charge in [-0.1, -0.05) is 12.1 Å². The molecule has 134 valence electrons. The molecule has 2 saturated heterocycles. The molecule has 0 spiro atoms. The maximum atomic E-state index is 12.9. The van der Waals surface area contributed by atoms with Crippen LogP contribution >= 0.6 is 0 Å². The second kappa shape index (κ2) is 7.49. The Bertz CT molecular complexity index is 639. The summed E-state index contributed by atoms with van der Waals surface area (Å²) < 4.78 is 27.4. The standard InChI is InChI=1S/C17H28N4O2S/c1-19(2)13-15-3-5-17(6-4-15)24(22,23)21-10-7-16(14-21)20-11-8-18-9-12-20/h3-6,16,18H,7-14H2,1-2H3. The molecule has 2 aliphatic heterocycles. The van der Waals surface area contributed by atoms with Crippen LogP contribution in [-0.4, -0.2) is 81.9 Å². The average Bonchev–Trinajstić information content (AvgIpc) is 3.06. The van der Waals surface area contributed by atoms with Crippen LogP contribution in [0.1, 0.15) is 12.0 Å². The van der Waals surface area contributed by atoms with Crippen molar-refractivity contribution < 1.29 is 8.42 Å². The SMILES string of the molecule is CN(C)Cc1ccc(S(=O)(=O)N2CCC(N3CCNCC3)C2)cc1. The van der Waals surface area contributed by atoms with Crippen molar-refractivity contribution in [1.82, 2.24) is 19.4 Å². The van der Waals surface area contributed by atoms with E-state index < -0.39 is 10.0 Å². The van der Waals surface area contributed by atoms with E-state index in [2.05, 4.69) is 15.1 Å². The van der Waals surface area contributed by atoms with Gasteiger partial charge < -0.3 is 10.2 Å². The third kappa shape index (κ3) is 3.97. The van der Waals surface area contributed by atoms with Gasteiger partial charge in [-0.3, -0.25) is 4.90 Å². The Morgan fingerprint density at radius 2 is 1.79 bits per heavy atom. The lowest BCUT2D eigenvalue weighted by Crippen LogP contribution is -2.49. The molecule has 3 rings (SSSR count). The zero-order valence-electron chi connectivity index (χ0n) is 14.6. The number of rotatable bonds is 5. The van der Waals surface area contributed by atoms with Gasteiger partial charge in [-0.2, -0.15) is 4.31 Å². The van der Waals surface area contributed by atoms with Crippen molar-refractivity contribution in [3.63, 3.8) is 0 Å². The molecule has 2 fully saturated rings. The molecular weight excluding hydrogens is 324 g/mol. The summed E-state index contributed by atoms with van der Waals surface area (Å²) in [5.74, 6) is 0. The van der Waals surface area contributed by atoms with Gasteiger partial charge in [0.1, 0.15) is 0 Å². The molecule has 0 amide bonds. The molecule has 1 unspecified atom stereocenters. The third-order valence-electron chi connectivity index (χ3n) is 4.85. The van der Waals surface area contributed by atoms with E-state index in [0.717, 1.165) is 44.7 Å². The maximum Gasteiger partial charge on any atom is 0.243 e. The minimum absolute atomic E-state index is 0.356. The third-order valence-corrected chi connectivity index (χ3v) is 6.73. The van der Waals surface area contributed by atoms with Crippen LogP contribution in [0.2, 0.25) is 0 Å². The molecular formula is C17H28N4O2S. The second-order valence-electron chi connectivity index (χ2n) is 6.97. The summed E-state index contributed by atoms with van der Waals surface area (Å²) in [7, 11) is 0.632. The first-order chi connectivity index (χ1) is 11.5. The van der Waals surface area contributed by atoms with Gasteiger partial charge in [-0.25, -0.2) is 8.42 Å². The molecule has 7 heteroatoms. The predicted molar refractivity (Wildman–Crippen MR) is 95.4 cm³/mol. The van der Waals surface area contributed by atoms with Crippen LogP contribution in [-0.2, 0) is 16.6 Å². The number of piperazine rings is 1. The van der Waals surface area contributed by atoms with Gasteiger partial charge in [0.2, 0.25) is 10.0 Å². The number of hydrogen-bond acceptors (Lipinski definition) is 5. The van der Waals surface area contributed by atoms with Crippen LogP contribution in [0.3, 0.4) is 0 Å². The second-order valence-corrected chi connectivity index (χ2v) is 8.91. The molecule has 0 bridgehead atoms. The van der Waals surface area contributed by atoms with Crippen LogP contribution in [0.4, 0.5) is 0 Å². The summed E-state index contributed by atoms with van der Waals surface area (Å²) in [5.41, 5.74) is 1.12. The van der Waals surface area contributed by atoms with E-state index in [0.29, 0.717) is 24.0 Å². The van der Waals surface area contributed by atoms with Gasteiger partial charge in [0.25, 0.3) is 0 Å². The molecule has 1 N–H and O–H groups in total. The van der Waals surface area contributed by atoms with E-state index in [4.69, 9.17) is 0 Å². The van der Waals surface area contributed by atoms with E-state index in [-0.39, 0.29) is 0 Å². The van der Waals surface area contributed by atoms with E-state index in [1.165, 1.54) is 0 Å². The number of benzene rings is 1. The molecule has 2 aliphatic rings. The van der Waals surface area contributed by atoms with Crippen LogP contribution in [0.15, 0.2) is 29.2 Å². The molecule has 0 aromatic heterocycles. The lowest BCUT2D eigenvalue weighted by atomic mass is 10.2. The monoisotopic (exact) mass is 352 g/mol. The first-order valence-corrected chi connectivity index (χ1v) is 10.1. The Morgan fingerprint density at radius 3 is 2.42 bits per heavy atom. The van der Waals surface area contributed by atoms with E-state index >= 15 is 0 Å². The van der Waals surface area contributed by atoms with Crippen molar-refractivity contribution in [3.05, 3.63) is 29.8 Å². The van der Waals surface area contributed by atoms with Gasteiger partial charge in [0.05, 0.1) is 4.90 Å². The van der Waals surface area contributed by atoms with Crippen molar-refractivity contribution in [2.75, 3.05) is 53.4 Å². The smallest absolute Gasteiger partial charge is 0.243 e. The zero-order chi connectivity index (χ0) is 17.2. The van der Waals surface area contributed by atoms with Crippen molar-refractivity contribution in [3.8, 4) is 0 Å². The number of sulfonamides is 1. The Labute approximate surface area is 145 Å². The molecule has 1 aromatic rings. The van der Waals surface area contributed by atoms with E-state index in [1.807, 2.05) is 26.2 Å². The maximum absolute atomic E-state index is 12.9. The summed E-state index contributed by atoms with van der Waals surface area (Å²) >= 11 is 0. The fourth-order valence-corrected chi connectivity index (χ4v) is 5.05. The lowest BCUT2D eigenvalue weighted by Gasteiger charge is -2.32. The highest BCUT2D eigenvalue weighted by atomic mass is 32.2. The summed E-state index contributed by atoms with van der Waals surface area (Å²) in [6.45, 7) is 6.07. The molecule has 0 aliphatic carbocycles. The molecule has 6 nitrogen and oxygen atoms in total. The molecule has 0 radical (unpaired) electrons. The Hall–Kier alpha value is -0.990. The van der Waals surface area contributed by atoms with Gasteiger partial charge in [0.15, 0.2) is 0 Å². The highest BCUT2D eigenvalue weighted by Crippen LogP contribution is 2.24. The number of nitrogens with zero attached hydrogens (tertiary/aromatic N) is 3. The summed E-state index contributed by atoms with van der Waals surface area (Å²) in [6, 6.07) is 7.67. The molecule has 1 atom stereocenters. The van der Waals surface area contributed by atoms with Crippen molar-refractivity contribution >= 4 is 10.0 Å². The highest BCUT2D eigenvalue weighted by Gasteiger charge is 2.35. The average molecular weight is 353 g/mol. The zero-order valence-corrected chi connectivity index (χ0v) is 15.4. The summed E-state index contributed by atoms with van der Waals surface area (Å²) in [5, 5.41) is 3.35. The van der Waals surface area contributed by atoms with Crippen LogP contribution in [0.25, 0.3) is 0 Å². The fraction of sp³-hybridized carbons (Fsp3) is 0.647. The Kier molecular flexibility index (Phi) is 5.56. The minimum atomic E-state index is -3.38. The van der Waals surface area contributed by atoms with Gasteiger partial charge in [-0.05, 0) is 38.2 Å². The van der Waals surface area contributed by atoms with Crippen molar-refractivity contribution in [1.29, 1.82) is 0 Å². The van der Waals surface area contributed by atoms with Crippen LogP contribution in [0, 0.1) is 0 Å². The Balaban J connectivity index is 1.67. The minimum Gasteiger partial charge on any atom is -0.314 e. The largest absolute Gasteiger partial charge is 0.314 e. The van der Waals surface area contributed by atoms with E-state index in [9.17, 15) is 8.42 Å². The van der Waals surface area contributed by atoms with Gasteiger partial charge in [0, 0.05) is 51.9 Å². The first kappa shape index (κ1) is 17.8. The molecule has 2 heterocycles. The Morgan fingerprint density at radius 1 is 1.12 bits per heavy atom. The molecule has 0 saturated carbocycles. The van der Waals surface area contributed by atoms with E-state index in [1.54, 1.807) is 16.4 Å². The molecule has 1 aromatic carbocycles. The predicted octanol–water partition coefficient (Wildman–Crippen LogP) is 0.416. The number of hydrogen-bond donors (Lipinski definition) is 1. The van der Waals surface area contributed by atoms with Crippen LogP contribution < -0.4 is 5.32 Å². The van der Waals surface area contributed by atoms with Crippen molar-refractivity contribution in [2.45, 2.75) is 23.9 Å². The lowest BCUT2D eigenvalue weighted by molar-refractivity contribution is 0.179.